The number of para-hydroxylation sites is 1. The van der Waals surface area contributed by atoms with Gasteiger partial charge in [-0.3, -0.25) is 14.6 Å². The lowest BCUT2D eigenvalue weighted by Gasteiger charge is -2.34. The van der Waals surface area contributed by atoms with Gasteiger partial charge in [-0.25, -0.2) is 0 Å². The Morgan fingerprint density at radius 3 is 2.19 bits per heavy atom. The molecule has 0 spiro atoms. The van der Waals surface area contributed by atoms with Crippen LogP contribution in [-0.4, -0.2) is 48.4 Å². The molecule has 1 saturated heterocycles. The quantitative estimate of drug-likeness (QED) is 0.625. The number of anilines is 1. The molecule has 1 fully saturated rings. The van der Waals surface area contributed by atoms with E-state index in [-0.39, 0.29) is 5.91 Å². The van der Waals surface area contributed by atoms with Gasteiger partial charge in [-0.2, -0.15) is 5.26 Å². The third-order valence-corrected chi connectivity index (χ3v) is 5.85. The highest BCUT2D eigenvalue weighted by Gasteiger charge is 2.19. The van der Waals surface area contributed by atoms with E-state index in [4.69, 9.17) is 5.26 Å². The highest BCUT2D eigenvalue weighted by molar-refractivity contribution is 5.93. The molecular formula is C27H28N4O. The van der Waals surface area contributed by atoms with Crippen LogP contribution in [0.2, 0.25) is 0 Å². The highest BCUT2D eigenvalue weighted by atomic mass is 16.2. The number of hydrogen-bond donors (Lipinski definition) is 1. The van der Waals surface area contributed by atoms with Crippen molar-refractivity contribution in [3.05, 3.63) is 101 Å². The molecule has 3 aromatic rings. The van der Waals surface area contributed by atoms with E-state index in [2.05, 4.69) is 39.4 Å². The molecule has 0 aliphatic carbocycles. The van der Waals surface area contributed by atoms with Crippen LogP contribution in [-0.2, 0) is 17.8 Å². The first-order valence-corrected chi connectivity index (χ1v) is 11.0. The average molecular weight is 425 g/mol. The van der Waals surface area contributed by atoms with E-state index >= 15 is 0 Å². The van der Waals surface area contributed by atoms with Gasteiger partial charge in [0, 0.05) is 38.4 Å². The first kappa shape index (κ1) is 21.8. The van der Waals surface area contributed by atoms with E-state index in [9.17, 15) is 4.79 Å². The van der Waals surface area contributed by atoms with Crippen molar-refractivity contribution in [1.82, 2.24) is 9.80 Å². The van der Waals surface area contributed by atoms with Gasteiger partial charge in [-0.15, -0.1) is 0 Å². The van der Waals surface area contributed by atoms with Crippen molar-refractivity contribution >= 4 is 11.6 Å². The topological polar surface area (TPSA) is 59.4 Å². The SMILES string of the molecule is N#Cc1ccc(CN2CCN(CC(=O)Nc3ccccc3Cc3ccccc3)CC2)cc1. The largest absolute Gasteiger partial charge is 0.325 e. The monoisotopic (exact) mass is 424 g/mol. The van der Waals surface area contributed by atoms with Crippen molar-refractivity contribution in [2.45, 2.75) is 13.0 Å². The second kappa shape index (κ2) is 10.7. The number of carbonyl (C=O) groups excluding carboxylic acids is 1. The summed E-state index contributed by atoms with van der Waals surface area (Å²) in [5, 5.41) is 12.0. The van der Waals surface area contributed by atoms with Crippen molar-refractivity contribution in [2.24, 2.45) is 0 Å². The molecule has 5 nitrogen and oxygen atoms in total. The molecule has 0 bridgehead atoms. The Kier molecular flexibility index (Phi) is 7.29. The Balaban J connectivity index is 1.26. The van der Waals surface area contributed by atoms with Crippen molar-refractivity contribution in [3.63, 3.8) is 0 Å². The van der Waals surface area contributed by atoms with Crippen LogP contribution in [0.3, 0.4) is 0 Å². The molecule has 32 heavy (non-hydrogen) atoms. The summed E-state index contributed by atoms with van der Waals surface area (Å²) < 4.78 is 0. The number of benzene rings is 3. The van der Waals surface area contributed by atoms with Gasteiger partial charge in [0.1, 0.15) is 0 Å². The van der Waals surface area contributed by atoms with Gasteiger partial charge in [0.05, 0.1) is 18.2 Å². The van der Waals surface area contributed by atoms with Gasteiger partial charge < -0.3 is 5.32 Å². The lowest BCUT2D eigenvalue weighted by atomic mass is 10.0. The van der Waals surface area contributed by atoms with Crippen LogP contribution in [0.25, 0.3) is 0 Å². The molecule has 0 radical (unpaired) electrons. The Morgan fingerprint density at radius 2 is 1.47 bits per heavy atom. The summed E-state index contributed by atoms with van der Waals surface area (Å²) in [6.45, 7) is 4.88. The fraction of sp³-hybridized carbons (Fsp3) is 0.259. The Morgan fingerprint density at radius 1 is 0.812 bits per heavy atom. The smallest absolute Gasteiger partial charge is 0.238 e. The van der Waals surface area contributed by atoms with Crippen LogP contribution in [0.4, 0.5) is 5.69 Å². The predicted octanol–water partition coefficient (Wildman–Crippen LogP) is 3.91. The molecule has 1 aliphatic heterocycles. The first-order valence-electron chi connectivity index (χ1n) is 11.0. The number of nitriles is 1. The molecule has 0 saturated carbocycles. The third-order valence-electron chi connectivity index (χ3n) is 5.85. The van der Waals surface area contributed by atoms with Gasteiger partial charge in [0.25, 0.3) is 0 Å². The van der Waals surface area contributed by atoms with Crippen molar-refractivity contribution in [2.75, 3.05) is 38.0 Å². The summed E-state index contributed by atoms with van der Waals surface area (Å²) in [5.74, 6) is 0.0334. The van der Waals surface area contributed by atoms with Crippen molar-refractivity contribution in [3.8, 4) is 6.07 Å². The second-order valence-electron chi connectivity index (χ2n) is 8.23. The molecule has 5 heteroatoms. The average Bonchev–Trinajstić information content (AvgIpc) is 2.83. The van der Waals surface area contributed by atoms with Gasteiger partial charge in [-0.05, 0) is 41.3 Å². The summed E-state index contributed by atoms with van der Waals surface area (Å²) >= 11 is 0. The van der Waals surface area contributed by atoms with E-state index in [1.165, 1.54) is 11.1 Å². The summed E-state index contributed by atoms with van der Waals surface area (Å²) in [4.78, 5) is 17.3. The van der Waals surface area contributed by atoms with Crippen molar-refractivity contribution < 1.29 is 4.79 Å². The van der Waals surface area contributed by atoms with Crippen LogP contribution in [0.5, 0.6) is 0 Å². The number of nitrogens with one attached hydrogen (secondary N) is 1. The summed E-state index contributed by atoms with van der Waals surface area (Å²) in [7, 11) is 0. The van der Waals surface area contributed by atoms with Crippen LogP contribution >= 0.6 is 0 Å². The Labute approximate surface area is 189 Å². The van der Waals surface area contributed by atoms with E-state index in [0.29, 0.717) is 12.1 Å². The summed E-state index contributed by atoms with van der Waals surface area (Å²) in [6, 6.07) is 28.3. The minimum atomic E-state index is 0.0334. The zero-order valence-corrected chi connectivity index (χ0v) is 18.2. The van der Waals surface area contributed by atoms with Gasteiger partial charge >= 0.3 is 0 Å². The number of piperazine rings is 1. The number of hydrogen-bond acceptors (Lipinski definition) is 4. The molecule has 4 rings (SSSR count). The molecule has 1 amide bonds. The number of nitrogens with zero attached hydrogens (tertiary/aromatic N) is 3. The maximum absolute atomic E-state index is 12.7. The maximum atomic E-state index is 12.7. The van der Waals surface area contributed by atoms with E-state index in [0.717, 1.165) is 50.4 Å². The molecule has 0 atom stereocenters. The molecule has 1 N–H and O–H groups in total. The van der Waals surface area contributed by atoms with Crippen LogP contribution in [0, 0.1) is 11.3 Å². The van der Waals surface area contributed by atoms with Crippen LogP contribution < -0.4 is 5.32 Å². The molecule has 1 aliphatic rings. The lowest BCUT2D eigenvalue weighted by molar-refractivity contribution is -0.117. The first-order chi connectivity index (χ1) is 15.7. The van der Waals surface area contributed by atoms with E-state index < -0.39 is 0 Å². The standard InChI is InChI=1S/C27H28N4O/c28-19-23-10-12-24(13-11-23)20-30-14-16-31(17-15-30)21-27(32)29-26-9-5-4-8-25(26)18-22-6-2-1-3-7-22/h1-13H,14-18,20-21H2,(H,29,32). The molecule has 3 aromatic carbocycles. The number of rotatable bonds is 7. The minimum absolute atomic E-state index is 0.0334. The molecule has 0 unspecified atom stereocenters. The third kappa shape index (κ3) is 6.04. The zero-order valence-electron chi connectivity index (χ0n) is 18.2. The predicted molar refractivity (Wildman–Crippen MR) is 127 cm³/mol. The van der Waals surface area contributed by atoms with E-state index in [1.54, 1.807) is 0 Å². The Hall–Kier alpha value is -3.46. The summed E-state index contributed by atoms with van der Waals surface area (Å²) in [6.07, 6.45) is 0.797. The molecular weight excluding hydrogens is 396 g/mol. The Bertz CT molecular complexity index is 1060. The van der Waals surface area contributed by atoms with Gasteiger partial charge in [0.2, 0.25) is 5.91 Å². The summed E-state index contributed by atoms with van der Waals surface area (Å²) in [5.41, 5.74) is 5.15. The maximum Gasteiger partial charge on any atom is 0.238 e. The van der Waals surface area contributed by atoms with Gasteiger partial charge in [-0.1, -0.05) is 60.7 Å². The zero-order chi connectivity index (χ0) is 22.2. The molecule has 162 valence electrons. The lowest BCUT2D eigenvalue weighted by Crippen LogP contribution is -2.48. The number of amides is 1. The minimum Gasteiger partial charge on any atom is -0.325 e. The van der Waals surface area contributed by atoms with Crippen LogP contribution in [0.15, 0.2) is 78.9 Å². The fourth-order valence-corrected chi connectivity index (χ4v) is 4.05. The van der Waals surface area contributed by atoms with Crippen molar-refractivity contribution in [1.29, 1.82) is 5.26 Å². The normalized spacial score (nSPS) is 14.6. The highest BCUT2D eigenvalue weighted by Crippen LogP contribution is 2.19. The number of carbonyl (C=O) groups is 1. The van der Waals surface area contributed by atoms with Gasteiger partial charge in [0.15, 0.2) is 0 Å². The molecule has 1 heterocycles. The fourth-order valence-electron chi connectivity index (χ4n) is 4.05. The van der Waals surface area contributed by atoms with E-state index in [1.807, 2.05) is 60.7 Å². The van der Waals surface area contributed by atoms with Crippen LogP contribution in [0.1, 0.15) is 22.3 Å². The second-order valence-corrected chi connectivity index (χ2v) is 8.23. The molecule has 0 aromatic heterocycles.